The molecule has 0 atom stereocenters. The summed E-state index contributed by atoms with van der Waals surface area (Å²) in [5.41, 5.74) is 0.481. The zero-order valence-corrected chi connectivity index (χ0v) is 13.7. The van der Waals surface area contributed by atoms with Gasteiger partial charge in [-0.25, -0.2) is 9.18 Å². The number of likely N-dealkylation sites (tertiary alicyclic amines) is 1. The number of hydrogen-bond acceptors (Lipinski definition) is 3. The van der Waals surface area contributed by atoms with Crippen LogP contribution >= 0.6 is 0 Å². The second-order valence-corrected chi connectivity index (χ2v) is 6.64. The van der Waals surface area contributed by atoms with Gasteiger partial charge in [0.15, 0.2) is 11.6 Å². The van der Waals surface area contributed by atoms with E-state index >= 15 is 0 Å². The third-order valence-corrected chi connectivity index (χ3v) is 3.79. The van der Waals surface area contributed by atoms with E-state index in [0.29, 0.717) is 13.1 Å². The average Bonchev–Trinajstić information content (AvgIpc) is 2.45. The first kappa shape index (κ1) is 16.6. The van der Waals surface area contributed by atoms with Crippen LogP contribution in [0.2, 0.25) is 0 Å². The Hall–Kier alpha value is -1.78. The highest BCUT2D eigenvalue weighted by Gasteiger charge is 2.27. The number of amides is 1. The van der Waals surface area contributed by atoms with Crippen molar-refractivity contribution in [1.82, 2.24) is 4.90 Å². The van der Waals surface area contributed by atoms with Crippen LogP contribution in [0.4, 0.5) is 9.18 Å². The number of piperidine rings is 1. The van der Waals surface area contributed by atoms with Gasteiger partial charge < -0.3 is 14.4 Å². The lowest BCUT2D eigenvalue weighted by Gasteiger charge is -2.33. The molecule has 1 amide bonds. The second-order valence-electron chi connectivity index (χ2n) is 6.64. The Morgan fingerprint density at radius 3 is 2.41 bits per heavy atom. The first-order chi connectivity index (χ1) is 10.3. The van der Waals surface area contributed by atoms with E-state index in [1.54, 1.807) is 11.0 Å². The van der Waals surface area contributed by atoms with Crippen LogP contribution in [0.15, 0.2) is 18.2 Å². The van der Waals surface area contributed by atoms with Crippen LogP contribution in [0.1, 0.15) is 45.1 Å². The maximum atomic E-state index is 13.8. The van der Waals surface area contributed by atoms with Crippen LogP contribution in [0.3, 0.4) is 0 Å². The minimum atomic E-state index is -0.479. The number of carbonyl (C=O) groups excluding carboxylic acids is 1. The SMILES string of the molecule is COc1ccc(C2CCN(C(=O)OC(C)(C)C)CC2)cc1F. The van der Waals surface area contributed by atoms with Crippen molar-refractivity contribution in [3.8, 4) is 5.75 Å². The minimum absolute atomic E-state index is 0.259. The number of rotatable bonds is 2. The van der Waals surface area contributed by atoms with Crippen molar-refractivity contribution in [3.05, 3.63) is 29.6 Å². The molecular weight excluding hydrogens is 285 g/mol. The molecule has 1 heterocycles. The maximum absolute atomic E-state index is 13.8. The van der Waals surface area contributed by atoms with Crippen LogP contribution in [0, 0.1) is 5.82 Å². The Bertz CT molecular complexity index is 531. The molecule has 2 rings (SSSR count). The summed E-state index contributed by atoms with van der Waals surface area (Å²) in [6.45, 7) is 6.84. The Morgan fingerprint density at radius 2 is 1.91 bits per heavy atom. The van der Waals surface area contributed by atoms with Gasteiger partial charge in [-0.05, 0) is 57.2 Å². The molecule has 1 aromatic rings. The van der Waals surface area contributed by atoms with E-state index < -0.39 is 5.60 Å². The van der Waals surface area contributed by atoms with E-state index in [1.807, 2.05) is 26.8 Å². The lowest BCUT2D eigenvalue weighted by atomic mass is 9.89. The quantitative estimate of drug-likeness (QED) is 0.830. The highest BCUT2D eigenvalue weighted by atomic mass is 19.1. The summed E-state index contributed by atoms with van der Waals surface area (Å²) in [6, 6.07) is 5.09. The molecule has 0 saturated carbocycles. The van der Waals surface area contributed by atoms with Crippen LogP contribution in [0.5, 0.6) is 5.75 Å². The number of methoxy groups -OCH3 is 1. The van der Waals surface area contributed by atoms with Crippen molar-refractivity contribution in [2.75, 3.05) is 20.2 Å². The number of halogens is 1. The van der Waals surface area contributed by atoms with Gasteiger partial charge in [0, 0.05) is 13.1 Å². The Balaban J connectivity index is 1.94. The van der Waals surface area contributed by atoms with E-state index in [-0.39, 0.29) is 23.6 Å². The van der Waals surface area contributed by atoms with Gasteiger partial charge in [0.1, 0.15) is 5.60 Å². The fourth-order valence-corrected chi connectivity index (χ4v) is 2.66. The smallest absolute Gasteiger partial charge is 0.410 e. The van der Waals surface area contributed by atoms with Crippen LogP contribution in [0.25, 0.3) is 0 Å². The average molecular weight is 309 g/mol. The topological polar surface area (TPSA) is 38.8 Å². The number of benzene rings is 1. The number of ether oxygens (including phenoxy) is 2. The summed E-state index contributed by atoms with van der Waals surface area (Å²) in [5, 5.41) is 0. The zero-order valence-electron chi connectivity index (χ0n) is 13.7. The fraction of sp³-hybridized carbons (Fsp3) is 0.588. The van der Waals surface area contributed by atoms with Gasteiger partial charge in [0.05, 0.1) is 7.11 Å². The van der Waals surface area contributed by atoms with E-state index in [9.17, 15) is 9.18 Å². The van der Waals surface area contributed by atoms with Crippen LogP contribution in [-0.4, -0.2) is 36.8 Å². The molecule has 4 nitrogen and oxygen atoms in total. The lowest BCUT2D eigenvalue weighted by Crippen LogP contribution is -2.41. The van der Waals surface area contributed by atoms with Gasteiger partial charge in [-0.15, -0.1) is 0 Å². The third kappa shape index (κ3) is 4.12. The summed E-state index contributed by atoms with van der Waals surface area (Å²) in [6.07, 6.45) is 1.35. The molecule has 0 N–H and O–H groups in total. The summed E-state index contributed by atoms with van der Waals surface area (Å²) < 4.78 is 24.1. The van der Waals surface area contributed by atoms with Crippen molar-refractivity contribution in [2.45, 2.75) is 45.1 Å². The molecule has 22 heavy (non-hydrogen) atoms. The number of hydrogen-bond donors (Lipinski definition) is 0. The third-order valence-electron chi connectivity index (χ3n) is 3.79. The van der Waals surface area contributed by atoms with Gasteiger partial charge in [-0.3, -0.25) is 0 Å². The molecule has 122 valence electrons. The van der Waals surface area contributed by atoms with E-state index in [0.717, 1.165) is 18.4 Å². The zero-order chi connectivity index (χ0) is 16.3. The fourth-order valence-electron chi connectivity index (χ4n) is 2.66. The minimum Gasteiger partial charge on any atom is -0.494 e. The van der Waals surface area contributed by atoms with Gasteiger partial charge >= 0.3 is 6.09 Å². The first-order valence-corrected chi connectivity index (χ1v) is 7.61. The summed E-state index contributed by atoms with van der Waals surface area (Å²) >= 11 is 0. The largest absolute Gasteiger partial charge is 0.494 e. The monoisotopic (exact) mass is 309 g/mol. The van der Waals surface area contributed by atoms with E-state index in [4.69, 9.17) is 9.47 Å². The molecule has 0 aliphatic carbocycles. The molecule has 0 radical (unpaired) electrons. The van der Waals surface area contributed by atoms with Crippen molar-refractivity contribution in [3.63, 3.8) is 0 Å². The molecule has 0 unspecified atom stereocenters. The highest BCUT2D eigenvalue weighted by molar-refractivity contribution is 5.68. The molecule has 1 saturated heterocycles. The molecule has 1 aromatic carbocycles. The molecule has 0 spiro atoms. The molecule has 1 aliphatic rings. The standard InChI is InChI=1S/C17H24FNO3/c1-17(2,3)22-16(20)19-9-7-12(8-10-19)13-5-6-15(21-4)14(18)11-13/h5-6,11-12H,7-10H2,1-4H3. The normalized spacial score (nSPS) is 16.5. The Kier molecular flexibility index (Phi) is 4.94. The van der Waals surface area contributed by atoms with E-state index in [2.05, 4.69) is 0 Å². The van der Waals surface area contributed by atoms with Crippen LogP contribution < -0.4 is 4.74 Å². The summed E-state index contributed by atoms with van der Waals surface area (Å²) in [4.78, 5) is 13.7. The Labute approximate surface area is 131 Å². The molecule has 5 heteroatoms. The molecule has 0 bridgehead atoms. The van der Waals surface area contributed by atoms with Crippen molar-refractivity contribution >= 4 is 6.09 Å². The van der Waals surface area contributed by atoms with Crippen molar-refractivity contribution < 1.29 is 18.7 Å². The van der Waals surface area contributed by atoms with Gasteiger partial charge in [0.2, 0.25) is 0 Å². The molecule has 1 fully saturated rings. The first-order valence-electron chi connectivity index (χ1n) is 7.61. The Morgan fingerprint density at radius 1 is 1.27 bits per heavy atom. The van der Waals surface area contributed by atoms with Gasteiger partial charge in [0.25, 0.3) is 0 Å². The predicted molar refractivity (Wildman–Crippen MR) is 82.7 cm³/mol. The van der Waals surface area contributed by atoms with Crippen molar-refractivity contribution in [2.24, 2.45) is 0 Å². The summed E-state index contributed by atoms with van der Waals surface area (Å²) in [5.74, 6) is 0.184. The molecular formula is C17H24FNO3. The molecule has 0 aromatic heterocycles. The van der Waals surface area contributed by atoms with Crippen molar-refractivity contribution in [1.29, 1.82) is 0 Å². The molecule has 1 aliphatic heterocycles. The number of nitrogens with zero attached hydrogens (tertiary/aromatic N) is 1. The van der Waals surface area contributed by atoms with Crippen LogP contribution in [-0.2, 0) is 4.74 Å². The predicted octanol–water partition coefficient (Wildman–Crippen LogP) is 3.95. The lowest BCUT2D eigenvalue weighted by molar-refractivity contribution is 0.0205. The second kappa shape index (κ2) is 6.55. The maximum Gasteiger partial charge on any atom is 0.410 e. The summed E-state index contributed by atoms with van der Waals surface area (Å²) in [7, 11) is 1.46. The van der Waals surface area contributed by atoms with Gasteiger partial charge in [-0.2, -0.15) is 0 Å². The highest BCUT2D eigenvalue weighted by Crippen LogP contribution is 2.31. The van der Waals surface area contributed by atoms with E-state index in [1.165, 1.54) is 13.2 Å². The van der Waals surface area contributed by atoms with Gasteiger partial charge in [-0.1, -0.05) is 6.07 Å². The number of carbonyl (C=O) groups is 1.